The summed E-state index contributed by atoms with van der Waals surface area (Å²) in [4.78, 5) is 16.8. The molecule has 1 aromatic heterocycles. The topological polar surface area (TPSA) is 95.2 Å². The molecule has 134 valence electrons. The number of nitrogens with one attached hydrogen (secondary N) is 1. The molecule has 27 heavy (non-hydrogen) atoms. The smallest absolute Gasteiger partial charge is 0.268 e. The van der Waals surface area contributed by atoms with Crippen molar-refractivity contribution in [3.8, 4) is 28.8 Å². The summed E-state index contributed by atoms with van der Waals surface area (Å²) in [5, 5.41) is 23.8. The molecule has 0 fully saturated rings. The summed E-state index contributed by atoms with van der Waals surface area (Å²) >= 11 is 1.28. The summed E-state index contributed by atoms with van der Waals surface area (Å²) in [6.07, 6.45) is 1.42. The molecular formula is C20H15N3O3S. The van der Waals surface area contributed by atoms with Crippen LogP contribution in [0.5, 0.6) is 11.5 Å². The van der Waals surface area contributed by atoms with Crippen LogP contribution in [-0.4, -0.2) is 23.1 Å². The van der Waals surface area contributed by atoms with Gasteiger partial charge in [0.2, 0.25) is 0 Å². The first-order valence-electron chi connectivity index (χ1n) is 7.92. The zero-order valence-electron chi connectivity index (χ0n) is 14.3. The van der Waals surface area contributed by atoms with Gasteiger partial charge in [-0.3, -0.25) is 10.1 Å². The van der Waals surface area contributed by atoms with Crippen molar-refractivity contribution in [2.24, 2.45) is 0 Å². The van der Waals surface area contributed by atoms with E-state index in [4.69, 9.17) is 4.74 Å². The van der Waals surface area contributed by atoms with Gasteiger partial charge in [-0.1, -0.05) is 36.4 Å². The van der Waals surface area contributed by atoms with Gasteiger partial charge in [-0.25, -0.2) is 4.98 Å². The highest BCUT2D eigenvalue weighted by molar-refractivity contribution is 7.14. The molecule has 7 heteroatoms. The van der Waals surface area contributed by atoms with Gasteiger partial charge in [0, 0.05) is 10.9 Å². The van der Waals surface area contributed by atoms with E-state index in [9.17, 15) is 15.2 Å². The average molecular weight is 377 g/mol. The zero-order valence-corrected chi connectivity index (χ0v) is 15.2. The van der Waals surface area contributed by atoms with Crippen molar-refractivity contribution in [1.29, 1.82) is 5.26 Å². The van der Waals surface area contributed by atoms with Crippen LogP contribution in [0.3, 0.4) is 0 Å². The summed E-state index contributed by atoms with van der Waals surface area (Å²) in [7, 11) is 1.42. The SMILES string of the molecule is COc1cc(/C=C(/C#N)C(=O)Nc2nc(-c3ccccc3)cs2)ccc1O. The number of aromatic nitrogens is 1. The van der Waals surface area contributed by atoms with Crippen LogP contribution < -0.4 is 10.1 Å². The third kappa shape index (κ3) is 4.32. The number of anilines is 1. The second kappa shape index (κ2) is 8.17. The number of benzene rings is 2. The van der Waals surface area contributed by atoms with Gasteiger partial charge in [0.05, 0.1) is 12.8 Å². The Balaban J connectivity index is 1.78. The summed E-state index contributed by atoms with van der Waals surface area (Å²) < 4.78 is 5.03. The minimum atomic E-state index is -0.557. The zero-order chi connectivity index (χ0) is 19.2. The van der Waals surface area contributed by atoms with Crippen LogP contribution in [-0.2, 0) is 4.79 Å². The Labute approximate surface area is 160 Å². The lowest BCUT2D eigenvalue weighted by molar-refractivity contribution is -0.112. The third-order valence-corrected chi connectivity index (χ3v) is 4.43. The van der Waals surface area contributed by atoms with Gasteiger partial charge >= 0.3 is 0 Å². The first-order chi connectivity index (χ1) is 13.1. The number of hydrogen-bond donors (Lipinski definition) is 2. The van der Waals surface area contributed by atoms with E-state index in [-0.39, 0.29) is 17.1 Å². The lowest BCUT2D eigenvalue weighted by atomic mass is 10.1. The molecule has 0 saturated carbocycles. The number of hydrogen-bond acceptors (Lipinski definition) is 6. The van der Waals surface area contributed by atoms with Gasteiger partial charge < -0.3 is 9.84 Å². The highest BCUT2D eigenvalue weighted by atomic mass is 32.1. The second-order valence-electron chi connectivity index (χ2n) is 5.46. The fourth-order valence-electron chi connectivity index (χ4n) is 2.34. The molecule has 0 saturated heterocycles. The first-order valence-corrected chi connectivity index (χ1v) is 8.80. The van der Waals surface area contributed by atoms with Gasteiger partial charge in [-0.15, -0.1) is 11.3 Å². The number of rotatable bonds is 5. The molecule has 0 unspecified atom stereocenters. The number of ether oxygens (including phenoxy) is 1. The highest BCUT2D eigenvalue weighted by Crippen LogP contribution is 2.28. The van der Waals surface area contributed by atoms with Crippen molar-refractivity contribution in [3.05, 3.63) is 65.0 Å². The average Bonchev–Trinajstić information content (AvgIpc) is 3.16. The van der Waals surface area contributed by atoms with E-state index in [1.165, 1.54) is 36.7 Å². The van der Waals surface area contributed by atoms with Crippen molar-refractivity contribution >= 4 is 28.5 Å². The maximum absolute atomic E-state index is 12.4. The molecule has 6 nitrogen and oxygen atoms in total. The molecule has 2 aromatic carbocycles. The number of phenolic OH excluding ortho intramolecular Hbond substituents is 1. The third-order valence-electron chi connectivity index (χ3n) is 3.67. The van der Waals surface area contributed by atoms with E-state index in [1.807, 2.05) is 41.8 Å². The van der Waals surface area contributed by atoms with Crippen LogP contribution in [0.15, 0.2) is 59.5 Å². The number of amides is 1. The monoisotopic (exact) mass is 377 g/mol. The number of nitriles is 1. The van der Waals surface area contributed by atoms with Crippen LogP contribution in [0.2, 0.25) is 0 Å². The Kier molecular flexibility index (Phi) is 5.50. The van der Waals surface area contributed by atoms with Crippen LogP contribution in [0.4, 0.5) is 5.13 Å². The molecule has 0 aliphatic rings. The summed E-state index contributed by atoms with van der Waals surface area (Å²) in [6, 6.07) is 16.0. The summed E-state index contributed by atoms with van der Waals surface area (Å²) in [5.41, 5.74) is 2.17. The molecule has 3 aromatic rings. The molecule has 1 heterocycles. The Morgan fingerprint density at radius 3 is 2.78 bits per heavy atom. The normalized spacial score (nSPS) is 10.9. The number of carbonyl (C=O) groups is 1. The van der Waals surface area contributed by atoms with Gasteiger partial charge in [-0.2, -0.15) is 5.26 Å². The molecule has 3 rings (SSSR count). The number of nitrogens with zero attached hydrogens (tertiary/aromatic N) is 2. The Bertz CT molecular complexity index is 1040. The largest absolute Gasteiger partial charge is 0.504 e. The predicted molar refractivity (Wildman–Crippen MR) is 104 cm³/mol. The van der Waals surface area contributed by atoms with Crippen molar-refractivity contribution < 1.29 is 14.6 Å². The Morgan fingerprint density at radius 2 is 2.07 bits per heavy atom. The van der Waals surface area contributed by atoms with E-state index in [0.29, 0.717) is 10.7 Å². The van der Waals surface area contributed by atoms with Crippen LogP contribution in [0.1, 0.15) is 5.56 Å². The molecule has 1 amide bonds. The van der Waals surface area contributed by atoms with Crippen molar-refractivity contribution in [2.75, 3.05) is 12.4 Å². The molecule has 0 radical (unpaired) electrons. The van der Waals surface area contributed by atoms with Gasteiger partial charge in [-0.05, 0) is 23.8 Å². The van der Waals surface area contributed by atoms with Gasteiger partial charge in [0.1, 0.15) is 11.6 Å². The lowest BCUT2D eigenvalue weighted by Gasteiger charge is -2.04. The summed E-state index contributed by atoms with van der Waals surface area (Å²) in [6.45, 7) is 0. The fraction of sp³-hybridized carbons (Fsp3) is 0.0500. The molecule has 0 bridgehead atoms. The molecule has 0 spiro atoms. The quantitative estimate of drug-likeness (QED) is 0.516. The van der Waals surface area contributed by atoms with Crippen LogP contribution in [0.25, 0.3) is 17.3 Å². The molecule has 0 atom stereocenters. The number of phenols is 1. The standard InChI is InChI=1S/C20H15N3O3S/c1-26-18-10-13(7-8-17(18)24)9-15(11-21)19(25)23-20-22-16(12-27-20)14-5-3-2-4-6-14/h2-10,12,24H,1H3,(H,22,23,25)/b15-9-. The van der Waals surface area contributed by atoms with E-state index in [0.717, 1.165) is 11.3 Å². The fourth-order valence-corrected chi connectivity index (χ4v) is 3.05. The predicted octanol–water partition coefficient (Wildman–Crippen LogP) is 4.07. The molecule has 2 N–H and O–H groups in total. The van der Waals surface area contributed by atoms with Gasteiger partial charge in [0.25, 0.3) is 5.91 Å². The van der Waals surface area contributed by atoms with E-state index in [2.05, 4.69) is 10.3 Å². The highest BCUT2D eigenvalue weighted by Gasteiger charge is 2.13. The van der Waals surface area contributed by atoms with Crippen molar-refractivity contribution in [3.63, 3.8) is 0 Å². The summed E-state index contributed by atoms with van der Waals surface area (Å²) in [5.74, 6) is -0.318. The Morgan fingerprint density at radius 1 is 1.30 bits per heavy atom. The molecular weight excluding hydrogens is 362 g/mol. The number of aromatic hydroxyl groups is 1. The van der Waals surface area contributed by atoms with Gasteiger partial charge in [0.15, 0.2) is 16.6 Å². The van der Waals surface area contributed by atoms with E-state index in [1.54, 1.807) is 6.07 Å². The molecule has 0 aliphatic carbocycles. The van der Waals surface area contributed by atoms with E-state index >= 15 is 0 Å². The number of carbonyl (C=O) groups excluding carboxylic acids is 1. The maximum atomic E-state index is 12.4. The number of methoxy groups -OCH3 is 1. The Hall–Kier alpha value is -3.63. The minimum absolute atomic E-state index is 0.0196. The van der Waals surface area contributed by atoms with Crippen LogP contribution in [0, 0.1) is 11.3 Å². The second-order valence-corrected chi connectivity index (χ2v) is 6.32. The first kappa shape index (κ1) is 18.2. The van der Waals surface area contributed by atoms with Crippen molar-refractivity contribution in [1.82, 2.24) is 4.98 Å². The van der Waals surface area contributed by atoms with Crippen molar-refractivity contribution in [2.45, 2.75) is 0 Å². The van der Waals surface area contributed by atoms with Crippen LogP contribution >= 0.6 is 11.3 Å². The molecule has 0 aliphatic heterocycles. The maximum Gasteiger partial charge on any atom is 0.268 e. The number of thiazole rings is 1. The van der Waals surface area contributed by atoms with E-state index < -0.39 is 5.91 Å². The minimum Gasteiger partial charge on any atom is -0.504 e. The lowest BCUT2D eigenvalue weighted by Crippen LogP contribution is -2.13.